The number of amides is 2. The molecule has 1 N–H and O–H groups in total. The minimum atomic E-state index is -0.127. The number of nitrogens with zero attached hydrogens (tertiary/aromatic N) is 1. The number of urea groups is 1. The zero-order chi connectivity index (χ0) is 18.8. The Morgan fingerprint density at radius 3 is 2.81 bits per heavy atom. The molecule has 0 bridgehead atoms. The van der Waals surface area contributed by atoms with Crippen LogP contribution in [0.1, 0.15) is 17.9 Å². The van der Waals surface area contributed by atoms with E-state index in [9.17, 15) is 4.79 Å². The van der Waals surface area contributed by atoms with E-state index in [1.807, 2.05) is 29.2 Å². The van der Waals surface area contributed by atoms with E-state index < -0.39 is 0 Å². The van der Waals surface area contributed by atoms with Crippen molar-refractivity contribution < 1.29 is 23.7 Å². The van der Waals surface area contributed by atoms with E-state index >= 15 is 0 Å². The lowest BCUT2D eigenvalue weighted by Gasteiger charge is -2.19. The lowest BCUT2D eigenvalue weighted by Crippen LogP contribution is -2.32. The quantitative estimate of drug-likeness (QED) is 0.893. The molecule has 0 radical (unpaired) electrons. The molecule has 2 aliphatic rings. The molecule has 27 heavy (non-hydrogen) atoms. The Balaban J connectivity index is 1.44. The van der Waals surface area contributed by atoms with Crippen molar-refractivity contribution in [2.45, 2.75) is 12.3 Å². The van der Waals surface area contributed by atoms with E-state index in [1.165, 1.54) is 0 Å². The van der Waals surface area contributed by atoms with Gasteiger partial charge in [0.15, 0.2) is 23.0 Å². The van der Waals surface area contributed by atoms with Crippen molar-refractivity contribution in [2.75, 3.05) is 39.4 Å². The van der Waals surface area contributed by atoms with Gasteiger partial charge >= 0.3 is 6.03 Å². The zero-order valence-corrected chi connectivity index (χ0v) is 15.4. The van der Waals surface area contributed by atoms with Crippen LogP contribution in [0.25, 0.3) is 0 Å². The van der Waals surface area contributed by atoms with Crippen LogP contribution in [0.4, 0.5) is 10.5 Å². The summed E-state index contributed by atoms with van der Waals surface area (Å²) in [7, 11) is 3.27. The number of ether oxygens (including phenoxy) is 4. The summed E-state index contributed by atoms with van der Waals surface area (Å²) in [6.45, 7) is 1.52. The Bertz CT molecular complexity index is 854. The minimum Gasteiger partial charge on any atom is -0.493 e. The van der Waals surface area contributed by atoms with Crippen molar-refractivity contribution in [3.63, 3.8) is 0 Å². The number of rotatable bonds is 4. The van der Waals surface area contributed by atoms with Gasteiger partial charge < -0.3 is 29.2 Å². The molecule has 0 aromatic heterocycles. The fourth-order valence-electron chi connectivity index (χ4n) is 3.61. The number of carbonyl (C=O) groups is 1. The Kier molecular flexibility index (Phi) is 4.66. The Labute approximate surface area is 157 Å². The summed E-state index contributed by atoms with van der Waals surface area (Å²) in [5.41, 5.74) is 1.75. The highest BCUT2D eigenvalue weighted by atomic mass is 16.7. The third kappa shape index (κ3) is 3.32. The maximum atomic E-state index is 12.7. The summed E-state index contributed by atoms with van der Waals surface area (Å²) in [6.07, 6.45) is 0.873. The number of carbonyl (C=O) groups excluding carboxylic acids is 1. The van der Waals surface area contributed by atoms with E-state index in [0.717, 1.165) is 17.7 Å². The summed E-state index contributed by atoms with van der Waals surface area (Å²) < 4.78 is 21.6. The molecular formula is C20H22N2O5. The first kappa shape index (κ1) is 17.3. The number of fused-ring (bicyclic) bond motifs is 1. The van der Waals surface area contributed by atoms with Gasteiger partial charge in [0.05, 0.1) is 14.2 Å². The van der Waals surface area contributed by atoms with Crippen molar-refractivity contribution >= 4 is 11.7 Å². The van der Waals surface area contributed by atoms with E-state index in [2.05, 4.69) is 5.32 Å². The van der Waals surface area contributed by atoms with Gasteiger partial charge in [0.2, 0.25) is 6.79 Å². The van der Waals surface area contributed by atoms with Crippen LogP contribution in [0.3, 0.4) is 0 Å². The predicted molar refractivity (Wildman–Crippen MR) is 100 cm³/mol. The van der Waals surface area contributed by atoms with Crippen LogP contribution < -0.4 is 24.3 Å². The summed E-state index contributed by atoms with van der Waals surface area (Å²) in [4.78, 5) is 14.5. The number of benzene rings is 2. The van der Waals surface area contributed by atoms with Crippen LogP contribution in [0, 0.1) is 0 Å². The molecule has 2 aliphatic heterocycles. The van der Waals surface area contributed by atoms with Crippen LogP contribution in [0.15, 0.2) is 36.4 Å². The average molecular weight is 370 g/mol. The largest absolute Gasteiger partial charge is 0.493 e. The molecular weight excluding hydrogens is 348 g/mol. The number of likely N-dealkylation sites (tertiary alicyclic amines) is 1. The monoisotopic (exact) mass is 370 g/mol. The summed E-state index contributed by atoms with van der Waals surface area (Å²) in [5.74, 6) is 2.99. The molecule has 0 aliphatic carbocycles. The molecule has 2 amide bonds. The highest BCUT2D eigenvalue weighted by molar-refractivity contribution is 5.90. The van der Waals surface area contributed by atoms with Gasteiger partial charge in [-0.2, -0.15) is 0 Å². The SMILES string of the molecule is COc1cccc([C@@H]2CCN(C(=O)Nc3ccc4c(c3)OCO4)C2)c1OC. The van der Waals surface area contributed by atoms with E-state index in [-0.39, 0.29) is 18.7 Å². The van der Waals surface area contributed by atoms with Crippen LogP contribution >= 0.6 is 0 Å². The summed E-state index contributed by atoms with van der Waals surface area (Å²) >= 11 is 0. The topological polar surface area (TPSA) is 69.3 Å². The first-order valence-corrected chi connectivity index (χ1v) is 8.86. The fourth-order valence-corrected chi connectivity index (χ4v) is 3.61. The highest BCUT2D eigenvalue weighted by Crippen LogP contribution is 2.39. The van der Waals surface area contributed by atoms with Gasteiger partial charge in [-0.15, -0.1) is 0 Å². The summed E-state index contributed by atoms with van der Waals surface area (Å²) in [6, 6.07) is 11.1. The fraction of sp³-hybridized carbons (Fsp3) is 0.350. The van der Waals surface area contributed by atoms with Gasteiger partial charge in [-0.05, 0) is 24.6 Å². The van der Waals surface area contributed by atoms with Crippen LogP contribution in [-0.4, -0.2) is 45.0 Å². The first-order valence-electron chi connectivity index (χ1n) is 8.86. The molecule has 2 aromatic carbocycles. The molecule has 0 saturated carbocycles. The second kappa shape index (κ2) is 7.26. The number of para-hydroxylation sites is 1. The molecule has 2 heterocycles. The lowest BCUT2D eigenvalue weighted by molar-refractivity contribution is 0.174. The Hall–Kier alpha value is -3.09. The number of hydrogen-bond donors (Lipinski definition) is 1. The van der Waals surface area contributed by atoms with Gasteiger partial charge in [0.25, 0.3) is 0 Å². The predicted octanol–water partition coefficient (Wildman–Crippen LogP) is 3.45. The van der Waals surface area contributed by atoms with Gasteiger partial charge in [-0.25, -0.2) is 4.79 Å². The van der Waals surface area contributed by atoms with Crippen molar-refractivity contribution in [3.05, 3.63) is 42.0 Å². The minimum absolute atomic E-state index is 0.127. The van der Waals surface area contributed by atoms with Gasteiger partial charge in [-0.1, -0.05) is 12.1 Å². The Morgan fingerprint density at radius 2 is 2.00 bits per heavy atom. The second-order valence-corrected chi connectivity index (χ2v) is 6.51. The molecule has 1 atom stereocenters. The van der Waals surface area contributed by atoms with Crippen molar-refractivity contribution in [3.8, 4) is 23.0 Å². The number of hydrogen-bond acceptors (Lipinski definition) is 5. The van der Waals surface area contributed by atoms with Gasteiger partial charge in [0.1, 0.15) is 0 Å². The first-order chi connectivity index (χ1) is 13.2. The number of nitrogens with one attached hydrogen (secondary N) is 1. The molecule has 142 valence electrons. The molecule has 4 rings (SSSR count). The van der Waals surface area contributed by atoms with E-state index in [4.69, 9.17) is 18.9 Å². The zero-order valence-electron chi connectivity index (χ0n) is 15.4. The van der Waals surface area contributed by atoms with Gasteiger partial charge in [0, 0.05) is 36.3 Å². The van der Waals surface area contributed by atoms with Crippen LogP contribution in [0.2, 0.25) is 0 Å². The number of methoxy groups -OCH3 is 2. The molecule has 1 saturated heterocycles. The third-order valence-electron chi connectivity index (χ3n) is 4.97. The van der Waals surface area contributed by atoms with Crippen LogP contribution in [-0.2, 0) is 0 Å². The molecule has 0 spiro atoms. The maximum Gasteiger partial charge on any atom is 0.321 e. The maximum absolute atomic E-state index is 12.7. The number of anilines is 1. The smallest absolute Gasteiger partial charge is 0.321 e. The van der Waals surface area contributed by atoms with Crippen molar-refractivity contribution in [2.24, 2.45) is 0 Å². The molecule has 1 fully saturated rings. The molecule has 2 aromatic rings. The molecule has 0 unspecified atom stereocenters. The standard InChI is InChI=1S/C20H22N2O5/c1-24-17-5-3-4-15(19(17)25-2)13-8-9-22(11-13)20(23)21-14-6-7-16-18(10-14)27-12-26-16/h3-7,10,13H,8-9,11-12H2,1-2H3,(H,21,23)/t13-/m1/s1. The molecule has 7 heteroatoms. The van der Waals surface area contributed by atoms with E-state index in [0.29, 0.717) is 36.0 Å². The second-order valence-electron chi connectivity index (χ2n) is 6.51. The highest BCUT2D eigenvalue weighted by Gasteiger charge is 2.30. The van der Waals surface area contributed by atoms with Crippen molar-refractivity contribution in [1.82, 2.24) is 4.90 Å². The summed E-state index contributed by atoms with van der Waals surface area (Å²) in [5, 5.41) is 2.93. The average Bonchev–Trinajstić information content (AvgIpc) is 3.36. The van der Waals surface area contributed by atoms with Crippen molar-refractivity contribution in [1.29, 1.82) is 0 Å². The van der Waals surface area contributed by atoms with Crippen LogP contribution in [0.5, 0.6) is 23.0 Å². The normalized spacial score (nSPS) is 17.7. The third-order valence-corrected chi connectivity index (χ3v) is 4.97. The molecule has 7 nitrogen and oxygen atoms in total. The van der Waals surface area contributed by atoms with E-state index in [1.54, 1.807) is 26.4 Å². The Morgan fingerprint density at radius 1 is 1.15 bits per heavy atom. The lowest BCUT2D eigenvalue weighted by atomic mass is 9.97. The van der Waals surface area contributed by atoms with Gasteiger partial charge in [-0.3, -0.25) is 0 Å².